The topological polar surface area (TPSA) is 56.2 Å². The molecule has 5 nitrogen and oxygen atoms in total. The Labute approximate surface area is 187 Å². The molecule has 3 aromatic heterocycles. The average Bonchev–Trinajstić information content (AvgIpc) is 3.44. The van der Waals surface area contributed by atoms with Crippen LogP contribution in [0.5, 0.6) is 0 Å². The van der Waals surface area contributed by atoms with Gasteiger partial charge in [-0.3, -0.25) is 14.5 Å². The molecule has 0 bridgehead atoms. The molecule has 0 saturated heterocycles. The molecule has 0 radical (unpaired) electrons. The van der Waals surface area contributed by atoms with Gasteiger partial charge in [0.2, 0.25) is 0 Å². The number of imidazole rings is 1. The van der Waals surface area contributed by atoms with Crippen LogP contribution in [0.3, 0.4) is 0 Å². The Hall–Kier alpha value is -3.47. The maximum atomic E-state index is 5.69. The van der Waals surface area contributed by atoms with Gasteiger partial charge < -0.3 is 4.42 Å². The summed E-state index contributed by atoms with van der Waals surface area (Å²) in [4.78, 5) is 14.6. The lowest BCUT2D eigenvalue weighted by atomic mass is 9.60. The van der Waals surface area contributed by atoms with E-state index in [9.17, 15) is 0 Å². The van der Waals surface area contributed by atoms with Crippen molar-refractivity contribution in [2.75, 3.05) is 0 Å². The van der Waals surface area contributed by atoms with Gasteiger partial charge in [0.25, 0.3) is 0 Å². The molecule has 2 aliphatic rings. The van der Waals surface area contributed by atoms with Crippen molar-refractivity contribution in [3.05, 3.63) is 89.8 Å². The molecule has 0 amide bonds. The Bertz CT molecular complexity index is 1310. The lowest BCUT2D eigenvalue weighted by molar-refractivity contribution is 0.178. The van der Waals surface area contributed by atoms with Crippen LogP contribution in [0, 0.1) is 5.92 Å². The summed E-state index contributed by atoms with van der Waals surface area (Å²) < 4.78 is 7.87. The molecule has 6 rings (SSSR count). The molecule has 32 heavy (non-hydrogen) atoms. The molecule has 1 saturated carbocycles. The van der Waals surface area contributed by atoms with E-state index >= 15 is 0 Å². The molecular formula is C27H26N4O. The third kappa shape index (κ3) is 2.88. The molecule has 1 aliphatic carbocycles. The highest BCUT2D eigenvalue weighted by Gasteiger charge is 2.40. The number of furan rings is 1. The second-order valence-electron chi connectivity index (χ2n) is 9.50. The fourth-order valence-electron chi connectivity index (χ4n) is 5.61. The summed E-state index contributed by atoms with van der Waals surface area (Å²) in [5.74, 6) is 1.54. The molecule has 1 atom stereocenters. The molecule has 0 unspecified atom stereocenters. The predicted molar refractivity (Wildman–Crippen MR) is 125 cm³/mol. The Kier molecular flexibility index (Phi) is 4.22. The van der Waals surface area contributed by atoms with E-state index < -0.39 is 0 Å². The smallest absolute Gasteiger partial charge is 0.154 e. The van der Waals surface area contributed by atoms with Gasteiger partial charge in [-0.15, -0.1) is 0 Å². The van der Waals surface area contributed by atoms with E-state index in [2.05, 4.69) is 48.5 Å². The molecule has 4 aromatic rings. The van der Waals surface area contributed by atoms with E-state index in [1.165, 1.54) is 18.4 Å². The Morgan fingerprint density at radius 1 is 1.03 bits per heavy atom. The van der Waals surface area contributed by atoms with Crippen LogP contribution >= 0.6 is 0 Å². The first-order valence-corrected chi connectivity index (χ1v) is 11.3. The zero-order valence-corrected chi connectivity index (χ0v) is 18.6. The molecule has 1 fully saturated rings. The van der Waals surface area contributed by atoms with Crippen molar-refractivity contribution in [2.45, 2.75) is 45.1 Å². The van der Waals surface area contributed by atoms with Gasteiger partial charge >= 0.3 is 0 Å². The van der Waals surface area contributed by atoms with Crippen molar-refractivity contribution < 1.29 is 4.42 Å². The van der Waals surface area contributed by atoms with E-state index in [0.717, 1.165) is 45.7 Å². The molecule has 0 spiro atoms. The highest BCUT2D eigenvalue weighted by Crippen LogP contribution is 2.48. The van der Waals surface area contributed by atoms with Gasteiger partial charge in [-0.25, -0.2) is 4.98 Å². The summed E-state index contributed by atoms with van der Waals surface area (Å²) in [7, 11) is 0. The van der Waals surface area contributed by atoms with Crippen molar-refractivity contribution in [2.24, 2.45) is 10.9 Å². The van der Waals surface area contributed by atoms with E-state index in [0.29, 0.717) is 0 Å². The van der Waals surface area contributed by atoms with E-state index in [1.54, 1.807) is 6.26 Å². The van der Waals surface area contributed by atoms with Crippen molar-refractivity contribution in [1.82, 2.24) is 14.5 Å². The standard InChI is InChI=1S/C27H26N4O/c1-17-14-27(3,15-17)19-9-10-22-20(13-19)24(21-7-4-5-11-28-21)30-18(2)26-25(29-16-31(22)26)23-8-6-12-32-23/h4-13,16-18H,14-15H2,1-3H3/t17?,18-,27?/m1/s1. The summed E-state index contributed by atoms with van der Waals surface area (Å²) >= 11 is 0. The summed E-state index contributed by atoms with van der Waals surface area (Å²) in [6.07, 6.45) is 7.86. The summed E-state index contributed by atoms with van der Waals surface area (Å²) in [6.45, 7) is 6.83. The minimum Gasteiger partial charge on any atom is -0.463 e. The first-order valence-electron chi connectivity index (χ1n) is 11.3. The molecule has 4 heterocycles. The number of aliphatic imine (C=N–C) groups is 1. The van der Waals surface area contributed by atoms with Crippen LogP contribution in [0.2, 0.25) is 0 Å². The van der Waals surface area contributed by atoms with E-state index in [-0.39, 0.29) is 11.5 Å². The normalized spacial score (nSPS) is 24.2. The number of pyridine rings is 1. The molecular weight excluding hydrogens is 396 g/mol. The Morgan fingerprint density at radius 2 is 1.91 bits per heavy atom. The molecule has 1 aliphatic heterocycles. The second-order valence-corrected chi connectivity index (χ2v) is 9.50. The van der Waals surface area contributed by atoms with Crippen molar-refractivity contribution in [3.8, 4) is 17.1 Å². The zero-order chi connectivity index (χ0) is 21.9. The number of aromatic nitrogens is 3. The number of fused-ring (bicyclic) bond motifs is 3. The third-order valence-electron chi connectivity index (χ3n) is 6.99. The minimum absolute atomic E-state index is 0.107. The Balaban J connectivity index is 1.59. The van der Waals surface area contributed by atoms with Gasteiger partial charge in [-0.1, -0.05) is 26.0 Å². The average molecular weight is 423 g/mol. The third-order valence-corrected chi connectivity index (χ3v) is 6.99. The first kappa shape index (κ1) is 19.2. The second kappa shape index (κ2) is 7.02. The molecule has 1 aromatic carbocycles. The summed E-state index contributed by atoms with van der Waals surface area (Å²) in [5, 5.41) is 0. The van der Waals surface area contributed by atoms with E-state index in [4.69, 9.17) is 14.4 Å². The predicted octanol–water partition coefficient (Wildman–Crippen LogP) is 6.13. The van der Waals surface area contributed by atoms with Crippen LogP contribution < -0.4 is 0 Å². The largest absolute Gasteiger partial charge is 0.463 e. The van der Waals surface area contributed by atoms with E-state index in [1.807, 2.05) is 42.9 Å². The highest BCUT2D eigenvalue weighted by molar-refractivity contribution is 6.14. The molecule has 160 valence electrons. The van der Waals surface area contributed by atoms with Crippen LogP contribution in [0.1, 0.15) is 62.2 Å². The number of hydrogen-bond donors (Lipinski definition) is 0. The van der Waals surface area contributed by atoms with Crippen LogP contribution in [0.4, 0.5) is 0 Å². The minimum atomic E-state index is -0.107. The SMILES string of the molecule is CC1CC(C)(c2ccc3c(c2)C(c2ccccn2)=N[C@H](C)c2c(-c4ccco4)ncn2-3)C1. The molecule has 0 N–H and O–H groups in total. The monoisotopic (exact) mass is 422 g/mol. The van der Waals surface area contributed by atoms with Gasteiger partial charge in [-0.05, 0) is 73.1 Å². The quantitative estimate of drug-likeness (QED) is 0.399. The maximum absolute atomic E-state index is 5.69. The van der Waals surface area contributed by atoms with Gasteiger partial charge in [0.1, 0.15) is 12.0 Å². The van der Waals surface area contributed by atoms with Crippen LogP contribution in [0.15, 0.2) is 76.7 Å². The number of hydrogen-bond acceptors (Lipinski definition) is 4. The zero-order valence-electron chi connectivity index (χ0n) is 18.6. The van der Waals surface area contributed by atoms with Crippen LogP contribution in [-0.4, -0.2) is 20.2 Å². The Morgan fingerprint density at radius 3 is 2.62 bits per heavy atom. The lowest BCUT2D eigenvalue weighted by Crippen LogP contribution is -2.37. The number of nitrogens with zero attached hydrogens (tertiary/aromatic N) is 4. The fraction of sp³-hybridized carbons (Fsp3) is 0.296. The fourth-order valence-corrected chi connectivity index (χ4v) is 5.61. The number of rotatable bonds is 3. The maximum Gasteiger partial charge on any atom is 0.154 e. The van der Waals surface area contributed by atoms with Gasteiger partial charge in [0, 0.05) is 11.8 Å². The van der Waals surface area contributed by atoms with Gasteiger partial charge in [0.05, 0.1) is 35.1 Å². The summed E-state index contributed by atoms with van der Waals surface area (Å²) in [6, 6.07) is 16.6. The molecule has 5 heteroatoms. The van der Waals surface area contributed by atoms with Crippen molar-refractivity contribution in [1.29, 1.82) is 0 Å². The summed E-state index contributed by atoms with van der Waals surface area (Å²) in [5.41, 5.74) is 7.48. The van der Waals surface area contributed by atoms with Gasteiger partial charge in [0.15, 0.2) is 5.76 Å². The van der Waals surface area contributed by atoms with Crippen LogP contribution in [-0.2, 0) is 5.41 Å². The van der Waals surface area contributed by atoms with Crippen molar-refractivity contribution >= 4 is 5.71 Å². The first-order chi connectivity index (χ1) is 15.5. The number of benzene rings is 1. The van der Waals surface area contributed by atoms with Crippen LogP contribution in [0.25, 0.3) is 17.1 Å². The van der Waals surface area contributed by atoms with Gasteiger partial charge in [-0.2, -0.15) is 0 Å². The lowest BCUT2D eigenvalue weighted by Gasteiger charge is -2.44. The highest BCUT2D eigenvalue weighted by atomic mass is 16.3. The van der Waals surface area contributed by atoms with Crippen molar-refractivity contribution in [3.63, 3.8) is 0 Å².